The molecule has 0 radical (unpaired) electrons. The Morgan fingerprint density at radius 1 is 1.25 bits per heavy atom. The van der Waals surface area contributed by atoms with Crippen molar-refractivity contribution in [2.24, 2.45) is 0 Å². The van der Waals surface area contributed by atoms with Gasteiger partial charge in [-0.05, 0) is 48.7 Å². The van der Waals surface area contributed by atoms with Crippen LogP contribution in [0.2, 0.25) is 5.02 Å². The molecule has 1 aliphatic heterocycles. The van der Waals surface area contributed by atoms with E-state index in [4.69, 9.17) is 16.9 Å². The first-order valence-corrected chi connectivity index (χ1v) is 14.0. The highest BCUT2D eigenvalue weighted by Gasteiger charge is 2.38. The number of aromatic amines is 1. The molecule has 188 valence electrons. The molecule has 1 N–H and O–H groups in total. The molecule has 0 aliphatic carbocycles. The third-order valence-corrected chi connectivity index (χ3v) is 8.57. The monoisotopic (exact) mass is 525 g/mol. The number of piperazine rings is 1. The zero-order valence-electron chi connectivity index (χ0n) is 20.0. The molecule has 0 saturated carbocycles. The first-order valence-electron chi connectivity index (χ1n) is 11.8. The molecular weight excluding hydrogens is 498 g/mol. The summed E-state index contributed by atoms with van der Waals surface area (Å²) >= 11 is 6.19. The van der Waals surface area contributed by atoms with E-state index in [2.05, 4.69) is 20.9 Å². The maximum absolute atomic E-state index is 13.4. The molecule has 1 amide bonds. The van der Waals surface area contributed by atoms with Crippen molar-refractivity contribution in [3.8, 4) is 6.07 Å². The van der Waals surface area contributed by atoms with Gasteiger partial charge >= 0.3 is 0 Å². The van der Waals surface area contributed by atoms with E-state index < -0.39 is 9.84 Å². The largest absolute Gasteiger partial charge is 0.347 e. The minimum atomic E-state index is -3.19. The van der Waals surface area contributed by atoms with E-state index in [0.717, 1.165) is 11.3 Å². The second-order valence-corrected chi connectivity index (χ2v) is 11.8. The number of nitriles is 1. The number of H-pyrrole nitrogens is 1. The number of benzene rings is 2. The molecule has 1 aliphatic rings. The summed E-state index contributed by atoms with van der Waals surface area (Å²) in [4.78, 5) is 24.5. The Labute approximate surface area is 216 Å². The van der Waals surface area contributed by atoms with Gasteiger partial charge < -0.3 is 9.88 Å². The normalized spacial score (nSPS) is 17.6. The van der Waals surface area contributed by atoms with Crippen molar-refractivity contribution in [1.82, 2.24) is 14.9 Å². The molecule has 0 spiro atoms. The Bertz CT molecular complexity index is 1340. The van der Waals surface area contributed by atoms with Crippen molar-refractivity contribution in [3.05, 3.63) is 82.9 Å². The van der Waals surface area contributed by atoms with Crippen LogP contribution < -0.4 is 4.90 Å². The number of nitrogens with one attached hydrogen (secondary N) is 1. The number of anilines is 1. The summed E-state index contributed by atoms with van der Waals surface area (Å²) in [7, 11) is -3.19. The average molecular weight is 526 g/mol. The maximum Gasteiger partial charge on any atom is 0.241 e. The lowest BCUT2D eigenvalue weighted by atomic mass is 9.97. The third-order valence-electron chi connectivity index (χ3n) is 6.59. The predicted octanol–water partition coefficient (Wildman–Crippen LogP) is 3.76. The Hall–Kier alpha value is -3.19. The predicted molar refractivity (Wildman–Crippen MR) is 139 cm³/mol. The second kappa shape index (κ2) is 11.2. The number of hydrogen-bond acceptors (Lipinski definition) is 6. The highest BCUT2D eigenvalue weighted by Crippen LogP contribution is 2.32. The first kappa shape index (κ1) is 25.9. The van der Waals surface area contributed by atoms with Crippen LogP contribution in [0.1, 0.15) is 36.2 Å². The average Bonchev–Trinajstić information content (AvgIpc) is 3.41. The van der Waals surface area contributed by atoms with Crippen molar-refractivity contribution in [2.75, 3.05) is 29.5 Å². The topological polar surface area (TPSA) is 110 Å². The highest BCUT2D eigenvalue weighted by molar-refractivity contribution is 7.91. The number of imidazole rings is 1. The molecule has 1 unspecified atom stereocenters. The highest BCUT2D eigenvalue weighted by atomic mass is 35.5. The van der Waals surface area contributed by atoms with Gasteiger partial charge in [0.1, 0.15) is 9.84 Å². The molecule has 3 aromatic rings. The molecule has 1 saturated heterocycles. The second-order valence-electron chi connectivity index (χ2n) is 8.87. The summed E-state index contributed by atoms with van der Waals surface area (Å²) in [6, 6.07) is 16.2. The number of hydrogen-bond donors (Lipinski definition) is 1. The number of halogens is 1. The van der Waals surface area contributed by atoms with E-state index in [-0.39, 0.29) is 36.0 Å². The van der Waals surface area contributed by atoms with E-state index >= 15 is 0 Å². The lowest BCUT2D eigenvalue weighted by molar-refractivity contribution is -0.123. The number of carbonyl (C=O) groups excluding carboxylic acids is 1. The van der Waals surface area contributed by atoms with Crippen LogP contribution in [-0.2, 0) is 21.1 Å². The molecule has 2 heterocycles. The summed E-state index contributed by atoms with van der Waals surface area (Å²) < 4.78 is 24.8. The van der Waals surface area contributed by atoms with Crippen LogP contribution >= 0.6 is 11.6 Å². The van der Waals surface area contributed by atoms with Gasteiger partial charge in [-0.2, -0.15) is 5.26 Å². The minimum Gasteiger partial charge on any atom is -0.347 e. The number of aromatic nitrogens is 2. The van der Waals surface area contributed by atoms with Crippen molar-refractivity contribution in [2.45, 2.75) is 31.8 Å². The van der Waals surface area contributed by atoms with E-state index in [1.807, 2.05) is 18.2 Å². The summed E-state index contributed by atoms with van der Waals surface area (Å²) in [5.74, 6) is 0.0249. The lowest BCUT2D eigenvalue weighted by Crippen LogP contribution is -2.58. The van der Waals surface area contributed by atoms with Crippen molar-refractivity contribution < 1.29 is 13.2 Å². The van der Waals surface area contributed by atoms with Gasteiger partial charge in [-0.3, -0.25) is 9.69 Å². The molecule has 1 fully saturated rings. The molecule has 2 aromatic carbocycles. The van der Waals surface area contributed by atoms with Gasteiger partial charge in [-0.15, -0.1) is 0 Å². The number of amides is 1. The molecule has 4 rings (SSSR count). The number of rotatable bonds is 9. The fourth-order valence-corrected chi connectivity index (χ4v) is 5.66. The van der Waals surface area contributed by atoms with Gasteiger partial charge in [0, 0.05) is 35.2 Å². The first-order chi connectivity index (χ1) is 17.3. The van der Waals surface area contributed by atoms with Gasteiger partial charge in [0.25, 0.3) is 0 Å². The van der Waals surface area contributed by atoms with Crippen LogP contribution in [0.25, 0.3) is 0 Å². The SMILES string of the molecule is CCS(=O)(=O)CC[C@H]1CN(c2cccc(Cl)c2)C(=O)CN1C(Cc1ccc(C#N)cc1)c1cnc[nH]1. The molecule has 8 nitrogen and oxygen atoms in total. The lowest BCUT2D eigenvalue weighted by Gasteiger charge is -2.44. The molecule has 2 atom stereocenters. The fraction of sp³-hybridized carbons (Fsp3) is 0.346. The Morgan fingerprint density at radius 3 is 2.67 bits per heavy atom. The molecular formula is C26H28ClN5O3S. The van der Waals surface area contributed by atoms with Crippen LogP contribution in [0.15, 0.2) is 61.1 Å². The van der Waals surface area contributed by atoms with Crippen LogP contribution in [0.4, 0.5) is 5.69 Å². The van der Waals surface area contributed by atoms with E-state index in [1.165, 1.54) is 0 Å². The van der Waals surface area contributed by atoms with Crippen LogP contribution in [0, 0.1) is 11.3 Å². The van der Waals surface area contributed by atoms with Crippen LogP contribution in [0.5, 0.6) is 0 Å². The van der Waals surface area contributed by atoms with Gasteiger partial charge in [0.2, 0.25) is 5.91 Å². The number of carbonyl (C=O) groups is 1. The molecule has 36 heavy (non-hydrogen) atoms. The Balaban J connectivity index is 1.67. The summed E-state index contributed by atoms with van der Waals surface area (Å²) in [6.45, 7) is 2.10. The smallest absolute Gasteiger partial charge is 0.241 e. The molecule has 1 aromatic heterocycles. The Morgan fingerprint density at radius 2 is 2.03 bits per heavy atom. The molecule has 10 heteroatoms. The minimum absolute atomic E-state index is 0.0365. The fourth-order valence-electron chi connectivity index (χ4n) is 4.56. The maximum atomic E-state index is 13.4. The van der Waals surface area contributed by atoms with Gasteiger partial charge in [-0.25, -0.2) is 13.4 Å². The summed E-state index contributed by atoms with van der Waals surface area (Å²) in [5, 5.41) is 9.67. The zero-order valence-corrected chi connectivity index (χ0v) is 21.5. The van der Waals surface area contributed by atoms with E-state index in [0.29, 0.717) is 35.7 Å². The van der Waals surface area contributed by atoms with Crippen molar-refractivity contribution in [1.29, 1.82) is 5.26 Å². The van der Waals surface area contributed by atoms with E-state index in [1.54, 1.807) is 54.7 Å². The molecule has 0 bridgehead atoms. The summed E-state index contributed by atoms with van der Waals surface area (Å²) in [6.07, 6.45) is 4.29. The van der Waals surface area contributed by atoms with Gasteiger partial charge in [-0.1, -0.05) is 36.7 Å². The number of sulfone groups is 1. The standard InChI is InChI=1S/C26H28ClN5O3S/c1-2-36(34,35)11-10-23-16-32(22-5-3-4-21(27)13-22)26(33)17-31(23)25(24-15-29-18-30-24)12-19-6-8-20(14-28)9-7-19/h3-9,13,15,18,23,25H,2,10-12,16-17H2,1H3,(H,29,30)/t23-,25?/m0/s1. The van der Waals surface area contributed by atoms with Crippen molar-refractivity contribution in [3.63, 3.8) is 0 Å². The van der Waals surface area contributed by atoms with Crippen molar-refractivity contribution >= 4 is 33.0 Å². The van der Waals surface area contributed by atoms with Gasteiger partial charge in [0.15, 0.2) is 0 Å². The van der Waals surface area contributed by atoms with E-state index in [9.17, 15) is 13.2 Å². The quantitative estimate of drug-likeness (QED) is 0.455. The van der Waals surface area contributed by atoms with Crippen LogP contribution in [-0.4, -0.2) is 59.8 Å². The van der Waals surface area contributed by atoms with Gasteiger partial charge in [0.05, 0.1) is 42.0 Å². The number of nitrogens with zero attached hydrogens (tertiary/aromatic N) is 4. The zero-order chi connectivity index (χ0) is 25.7. The Kier molecular flexibility index (Phi) is 8.09. The third kappa shape index (κ3) is 6.13. The summed E-state index contributed by atoms with van der Waals surface area (Å²) in [5.41, 5.74) is 3.11. The van der Waals surface area contributed by atoms with Crippen LogP contribution in [0.3, 0.4) is 0 Å².